The summed E-state index contributed by atoms with van der Waals surface area (Å²) in [5.74, 6) is 1.19. The van der Waals surface area contributed by atoms with Crippen LogP contribution in [0.4, 0.5) is 0 Å². The van der Waals surface area contributed by atoms with Crippen molar-refractivity contribution in [3.8, 4) is 0 Å². The van der Waals surface area contributed by atoms with Crippen LogP contribution < -0.4 is 5.32 Å². The summed E-state index contributed by atoms with van der Waals surface area (Å²) in [6.07, 6.45) is -0.641. The number of hydrogen-bond acceptors (Lipinski definition) is 4. The van der Waals surface area contributed by atoms with Gasteiger partial charge in [0.25, 0.3) is 0 Å². The van der Waals surface area contributed by atoms with E-state index in [-0.39, 0.29) is 6.61 Å². The van der Waals surface area contributed by atoms with Gasteiger partial charge in [-0.2, -0.15) is 0 Å². The highest BCUT2D eigenvalue weighted by Gasteiger charge is 2.05. The molecule has 1 aromatic carbocycles. The van der Waals surface area contributed by atoms with E-state index in [9.17, 15) is 5.11 Å². The highest BCUT2D eigenvalue weighted by molar-refractivity contribution is 7.99. The zero-order chi connectivity index (χ0) is 14.3. The summed E-state index contributed by atoms with van der Waals surface area (Å²) in [4.78, 5) is 1.14. The number of aliphatic hydroxyl groups excluding tert-OH is 2. The maximum Gasteiger partial charge on any atom is 0.0864 e. The average Bonchev–Trinajstić information content (AvgIpc) is 2.37. The van der Waals surface area contributed by atoms with Crippen molar-refractivity contribution in [2.24, 2.45) is 5.92 Å². The Morgan fingerprint density at radius 1 is 1.32 bits per heavy atom. The molecule has 108 valence electrons. The molecule has 0 spiro atoms. The van der Waals surface area contributed by atoms with Gasteiger partial charge in [0.1, 0.15) is 0 Å². The normalized spacial score (nSPS) is 12.9. The standard InChI is InChI=1S/C15H25NO2S/c1-11(2)7-16-8-13-4-5-15(6-12(13)3)19-10-14(18)9-17/h4-6,11,14,16-18H,7-10H2,1-3H3. The third-order valence-electron chi connectivity index (χ3n) is 2.84. The molecule has 1 aromatic rings. The van der Waals surface area contributed by atoms with Crippen molar-refractivity contribution in [2.45, 2.75) is 38.3 Å². The fourth-order valence-electron chi connectivity index (χ4n) is 1.70. The van der Waals surface area contributed by atoms with E-state index in [4.69, 9.17) is 5.11 Å². The van der Waals surface area contributed by atoms with Crippen molar-refractivity contribution in [2.75, 3.05) is 18.9 Å². The van der Waals surface area contributed by atoms with E-state index in [1.54, 1.807) is 11.8 Å². The van der Waals surface area contributed by atoms with Crippen molar-refractivity contribution in [1.82, 2.24) is 5.32 Å². The topological polar surface area (TPSA) is 52.5 Å². The van der Waals surface area contributed by atoms with Crippen LogP contribution in [0.5, 0.6) is 0 Å². The van der Waals surface area contributed by atoms with Crippen LogP contribution >= 0.6 is 11.8 Å². The summed E-state index contributed by atoms with van der Waals surface area (Å²) in [6.45, 7) is 8.26. The molecule has 0 aliphatic rings. The summed E-state index contributed by atoms with van der Waals surface area (Å²) in [5, 5.41) is 21.6. The third kappa shape index (κ3) is 6.43. The molecule has 0 bridgehead atoms. The Labute approximate surface area is 120 Å². The molecule has 4 heteroatoms. The maximum atomic E-state index is 9.33. The molecule has 0 saturated heterocycles. The summed E-state index contributed by atoms with van der Waals surface area (Å²) in [7, 11) is 0. The van der Waals surface area contributed by atoms with Crippen LogP contribution in [0.3, 0.4) is 0 Å². The second kappa shape index (κ2) is 8.59. The SMILES string of the molecule is Cc1cc(SCC(O)CO)ccc1CNCC(C)C. The number of aryl methyl sites for hydroxylation is 1. The Morgan fingerprint density at radius 2 is 2.05 bits per heavy atom. The molecular formula is C15H25NO2S. The lowest BCUT2D eigenvalue weighted by Gasteiger charge is -2.12. The number of thioether (sulfide) groups is 1. The molecule has 0 heterocycles. The van der Waals surface area contributed by atoms with E-state index in [1.807, 2.05) is 0 Å². The number of hydrogen-bond donors (Lipinski definition) is 3. The van der Waals surface area contributed by atoms with Gasteiger partial charge in [0.05, 0.1) is 12.7 Å². The first-order valence-corrected chi connectivity index (χ1v) is 7.73. The molecule has 0 aliphatic heterocycles. The second-order valence-electron chi connectivity index (χ2n) is 5.26. The second-order valence-corrected chi connectivity index (χ2v) is 6.35. The molecule has 1 unspecified atom stereocenters. The molecule has 19 heavy (non-hydrogen) atoms. The quantitative estimate of drug-likeness (QED) is 0.640. The van der Waals surface area contributed by atoms with Gasteiger partial charge in [0.15, 0.2) is 0 Å². The fraction of sp³-hybridized carbons (Fsp3) is 0.600. The first-order chi connectivity index (χ1) is 9.02. The van der Waals surface area contributed by atoms with E-state index in [2.05, 4.69) is 44.3 Å². The predicted octanol–water partition coefficient (Wildman–Crippen LogP) is 2.19. The molecule has 0 fully saturated rings. The van der Waals surface area contributed by atoms with Gasteiger partial charge < -0.3 is 15.5 Å². The van der Waals surface area contributed by atoms with Crippen LogP contribution in [0.2, 0.25) is 0 Å². The maximum absolute atomic E-state index is 9.33. The van der Waals surface area contributed by atoms with E-state index < -0.39 is 6.10 Å². The highest BCUT2D eigenvalue weighted by Crippen LogP contribution is 2.22. The summed E-state index contributed by atoms with van der Waals surface area (Å²) >= 11 is 1.57. The van der Waals surface area contributed by atoms with Crippen LogP contribution in [-0.4, -0.2) is 35.2 Å². The first kappa shape index (κ1) is 16.5. The molecule has 0 aliphatic carbocycles. The molecule has 0 radical (unpaired) electrons. The van der Waals surface area contributed by atoms with Crippen molar-refractivity contribution >= 4 is 11.8 Å². The fourth-order valence-corrected chi connectivity index (χ4v) is 2.61. The van der Waals surface area contributed by atoms with E-state index in [0.29, 0.717) is 11.7 Å². The molecule has 3 nitrogen and oxygen atoms in total. The number of nitrogens with one attached hydrogen (secondary N) is 1. The van der Waals surface area contributed by atoms with Gasteiger partial charge in [-0.05, 0) is 42.6 Å². The van der Waals surface area contributed by atoms with Crippen LogP contribution in [0.15, 0.2) is 23.1 Å². The van der Waals surface area contributed by atoms with Gasteiger partial charge in [-0.1, -0.05) is 19.9 Å². The van der Waals surface area contributed by atoms with Gasteiger partial charge >= 0.3 is 0 Å². The Bertz CT molecular complexity index is 382. The van der Waals surface area contributed by atoms with Crippen LogP contribution in [0.25, 0.3) is 0 Å². The monoisotopic (exact) mass is 283 g/mol. The number of benzene rings is 1. The Kier molecular flexibility index (Phi) is 7.46. The lowest BCUT2D eigenvalue weighted by molar-refractivity contribution is 0.113. The smallest absolute Gasteiger partial charge is 0.0864 e. The van der Waals surface area contributed by atoms with Crippen LogP contribution in [0.1, 0.15) is 25.0 Å². The molecule has 0 amide bonds. The lowest BCUT2D eigenvalue weighted by Crippen LogP contribution is -2.19. The summed E-state index contributed by atoms with van der Waals surface area (Å²) in [5.41, 5.74) is 2.58. The van der Waals surface area contributed by atoms with E-state index >= 15 is 0 Å². The largest absolute Gasteiger partial charge is 0.394 e. The predicted molar refractivity (Wildman–Crippen MR) is 81.5 cm³/mol. The molecule has 0 aromatic heterocycles. The molecule has 3 N–H and O–H groups in total. The number of aliphatic hydroxyl groups is 2. The first-order valence-electron chi connectivity index (χ1n) is 6.75. The number of rotatable bonds is 8. The molecule has 1 atom stereocenters. The van der Waals surface area contributed by atoms with Gasteiger partial charge in [0, 0.05) is 17.2 Å². The molecular weight excluding hydrogens is 258 g/mol. The van der Waals surface area contributed by atoms with Gasteiger partial charge in [-0.3, -0.25) is 0 Å². The van der Waals surface area contributed by atoms with Crippen LogP contribution in [-0.2, 0) is 6.54 Å². The minimum absolute atomic E-state index is 0.177. The zero-order valence-electron chi connectivity index (χ0n) is 12.0. The zero-order valence-corrected chi connectivity index (χ0v) is 12.8. The minimum atomic E-state index is -0.641. The molecule has 0 saturated carbocycles. The summed E-state index contributed by atoms with van der Waals surface area (Å²) in [6, 6.07) is 6.35. The third-order valence-corrected chi connectivity index (χ3v) is 3.97. The van der Waals surface area contributed by atoms with Crippen molar-refractivity contribution in [1.29, 1.82) is 0 Å². The van der Waals surface area contributed by atoms with E-state index in [1.165, 1.54) is 11.1 Å². The molecule has 1 rings (SSSR count). The van der Waals surface area contributed by atoms with E-state index in [0.717, 1.165) is 18.0 Å². The van der Waals surface area contributed by atoms with Gasteiger partial charge in [-0.15, -0.1) is 11.8 Å². The van der Waals surface area contributed by atoms with Crippen molar-refractivity contribution < 1.29 is 10.2 Å². The Morgan fingerprint density at radius 3 is 2.63 bits per heavy atom. The van der Waals surface area contributed by atoms with Crippen molar-refractivity contribution in [3.63, 3.8) is 0 Å². The Hall–Kier alpha value is -0.550. The van der Waals surface area contributed by atoms with Crippen molar-refractivity contribution in [3.05, 3.63) is 29.3 Å². The Balaban J connectivity index is 2.49. The summed E-state index contributed by atoms with van der Waals surface area (Å²) < 4.78 is 0. The van der Waals surface area contributed by atoms with Gasteiger partial charge in [0.2, 0.25) is 0 Å². The average molecular weight is 283 g/mol. The minimum Gasteiger partial charge on any atom is -0.394 e. The lowest BCUT2D eigenvalue weighted by atomic mass is 10.1. The highest BCUT2D eigenvalue weighted by atomic mass is 32.2. The van der Waals surface area contributed by atoms with Gasteiger partial charge in [-0.25, -0.2) is 0 Å². The van der Waals surface area contributed by atoms with Crippen LogP contribution in [0, 0.1) is 12.8 Å².